The molecule has 1 aliphatic heterocycles. The van der Waals surface area contributed by atoms with Crippen molar-refractivity contribution in [1.82, 2.24) is 10.6 Å². The summed E-state index contributed by atoms with van der Waals surface area (Å²) in [7, 11) is -3.30. The molecule has 0 radical (unpaired) electrons. The number of guanidine groups is 1. The van der Waals surface area contributed by atoms with E-state index in [1.807, 2.05) is 36.9 Å². The fraction of sp³-hybridized carbons (Fsp3) is 0.562. The van der Waals surface area contributed by atoms with Gasteiger partial charge in [0.15, 0.2) is 5.96 Å². The van der Waals surface area contributed by atoms with Crippen molar-refractivity contribution in [3.05, 3.63) is 29.8 Å². The van der Waals surface area contributed by atoms with Gasteiger partial charge in [-0.25, -0.2) is 13.4 Å². The van der Waals surface area contributed by atoms with Gasteiger partial charge >= 0.3 is 0 Å². The van der Waals surface area contributed by atoms with Crippen molar-refractivity contribution >= 4 is 57.4 Å². The molecule has 142 valence electrons. The number of rotatable bonds is 7. The van der Waals surface area contributed by atoms with Crippen LogP contribution in [0.4, 0.5) is 5.69 Å². The summed E-state index contributed by atoms with van der Waals surface area (Å²) in [4.78, 5) is 4.59. The van der Waals surface area contributed by atoms with Gasteiger partial charge in [-0.2, -0.15) is 11.8 Å². The second-order valence-corrected chi connectivity index (χ2v) is 8.90. The molecule has 1 fully saturated rings. The lowest BCUT2D eigenvalue weighted by Crippen LogP contribution is -2.40. The predicted octanol–water partition coefficient (Wildman–Crippen LogP) is 2.63. The number of hydrogen-bond donors (Lipinski definition) is 3. The molecule has 6 nitrogen and oxygen atoms in total. The zero-order chi connectivity index (χ0) is 17.4. The molecule has 1 unspecified atom stereocenters. The number of nitrogens with zero attached hydrogens (tertiary/aromatic N) is 1. The fourth-order valence-electron chi connectivity index (χ4n) is 2.48. The van der Waals surface area contributed by atoms with E-state index < -0.39 is 10.0 Å². The van der Waals surface area contributed by atoms with E-state index >= 15 is 0 Å². The van der Waals surface area contributed by atoms with Crippen molar-refractivity contribution in [3.8, 4) is 0 Å². The summed E-state index contributed by atoms with van der Waals surface area (Å²) in [6, 6.07) is 7.32. The summed E-state index contributed by atoms with van der Waals surface area (Å²) in [5, 5.41) is 7.26. The largest absolute Gasteiger partial charge is 0.357 e. The van der Waals surface area contributed by atoms with Gasteiger partial charge in [-0.3, -0.25) is 4.72 Å². The average molecular weight is 498 g/mol. The lowest BCUT2D eigenvalue weighted by atomic mass is 10.2. The molecule has 9 heteroatoms. The Labute approximate surface area is 172 Å². The van der Waals surface area contributed by atoms with Crippen LogP contribution in [-0.2, 0) is 16.6 Å². The molecule has 1 aromatic carbocycles. The molecule has 0 spiro atoms. The summed E-state index contributed by atoms with van der Waals surface area (Å²) < 4.78 is 25.5. The minimum absolute atomic E-state index is 0. The molecule has 0 saturated carbocycles. The summed E-state index contributed by atoms with van der Waals surface area (Å²) >= 11 is 2.00. The third-order valence-electron chi connectivity index (χ3n) is 3.59. The lowest BCUT2D eigenvalue weighted by molar-refractivity contribution is 0.606. The Balaban J connectivity index is 0.00000312. The first-order valence-electron chi connectivity index (χ1n) is 8.17. The van der Waals surface area contributed by atoms with Crippen LogP contribution in [0.5, 0.6) is 0 Å². The maximum Gasteiger partial charge on any atom is 0.229 e. The van der Waals surface area contributed by atoms with Gasteiger partial charge in [0.25, 0.3) is 0 Å². The van der Waals surface area contributed by atoms with E-state index in [1.165, 1.54) is 18.6 Å². The molecule has 3 N–H and O–H groups in total. The molecular weight excluding hydrogens is 471 g/mol. The Morgan fingerprint density at radius 1 is 1.32 bits per heavy atom. The lowest BCUT2D eigenvalue weighted by Gasteiger charge is -2.15. The minimum Gasteiger partial charge on any atom is -0.357 e. The molecule has 0 aromatic heterocycles. The van der Waals surface area contributed by atoms with Crippen LogP contribution in [-0.4, -0.2) is 44.7 Å². The van der Waals surface area contributed by atoms with E-state index in [-0.39, 0.29) is 24.0 Å². The van der Waals surface area contributed by atoms with Crippen LogP contribution in [0.25, 0.3) is 0 Å². The molecular formula is C16H27IN4O2S2. The molecule has 1 aliphatic rings. The zero-order valence-corrected chi connectivity index (χ0v) is 18.6. The monoisotopic (exact) mass is 498 g/mol. The second kappa shape index (κ2) is 11.1. The molecule has 1 aromatic rings. The van der Waals surface area contributed by atoms with Crippen LogP contribution in [0.3, 0.4) is 0 Å². The molecule has 25 heavy (non-hydrogen) atoms. The summed E-state index contributed by atoms with van der Waals surface area (Å²) in [6.45, 7) is 4.12. The maximum atomic E-state index is 11.5. The van der Waals surface area contributed by atoms with Crippen LogP contribution in [0.2, 0.25) is 0 Å². The van der Waals surface area contributed by atoms with Gasteiger partial charge in [0, 0.05) is 18.3 Å². The van der Waals surface area contributed by atoms with E-state index in [4.69, 9.17) is 0 Å². The highest BCUT2D eigenvalue weighted by atomic mass is 127. The number of thioether (sulfide) groups is 1. The number of sulfonamides is 1. The molecule has 1 saturated heterocycles. The van der Waals surface area contributed by atoms with Gasteiger partial charge in [0.2, 0.25) is 10.0 Å². The Morgan fingerprint density at radius 3 is 2.72 bits per heavy atom. The summed E-state index contributed by atoms with van der Waals surface area (Å²) in [5.41, 5.74) is 1.42. The number of halogens is 1. The number of hydrogen-bond acceptors (Lipinski definition) is 4. The Morgan fingerprint density at radius 2 is 2.08 bits per heavy atom. The van der Waals surface area contributed by atoms with E-state index in [9.17, 15) is 8.42 Å². The topological polar surface area (TPSA) is 82.6 Å². The molecule has 1 atom stereocenters. The van der Waals surface area contributed by atoms with Crippen molar-refractivity contribution < 1.29 is 8.42 Å². The first-order valence-corrected chi connectivity index (χ1v) is 11.1. The first-order chi connectivity index (χ1) is 11.5. The van der Waals surface area contributed by atoms with Crippen molar-refractivity contribution in [1.29, 1.82) is 0 Å². The Bertz CT molecular complexity index is 662. The quantitative estimate of drug-likeness (QED) is 0.306. The van der Waals surface area contributed by atoms with Gasteiger partial charge in [-0.1, -0.05) is 18.2 Å². The number of anilines is 1. The molecule has 0 amide bonds. The number of para-hydroxylation sites is 1. The van der Waals surface area contributed by atoms with Gasteiger partial charge in [-0.15, -0.1) is 24.0 Å². The normalized spacial score (nSPS) is 17.7. The number of nitrogens with one attached hydrogen (secondary N) is 3. The highest BCUT2D eigenvalue weighted by Gasteiger charge is 2.15. The smallest absolute Gasteiger partial charge is 0.229 e. The van der Waals surface area contributed by atoms with Gasteiger partial charge in [0.1, 0.15) is 0 Å². The van der Waals surface area contributed by atoms with E-state index in [0.29, 0.717) is 17.5 Å². The fourth-order valence-corrected chi connectivity index (χ4v) is 4.28. The minimum atomic E-state index is -3.30. The highest BCUT2D eigenvalue weighted by molar-refractivity contribution is 14.0. The van der Waals surface area contributed by atoms with Crippen LogP contribution >= 0.6 is 35.7 Å². The number of aliphatic imine (C=N–C) groups is 1. The van der Waals surface area contributed by atoms with Crippen LogP contribution in [0.15, 0.2) is 29.3 Å². The van der Waals surface area contributed by atoms with E-state index in [2.05, 4.69) is 20.3 Å². The Hall–Kier alpha value is -0.680. The van der Waals surface area contributed by atoms with Crippen LogP contribution < -0.4 is 15.4 Å². The van der Waals surface area contributed by atoms with Crippen molar-refractivity contribution in [2.45, 2.75) is 31.6 Å². The maximum absolute atomic E-state index is 11.5. The van der Waals surface area contributed by atoms with Gasteiger partial charge < -0.3 is 10.6 Å². The molecule has 0 aliphatic carbocycles. The van der Waals surface area contributed by atoms with Crippen molar-refractivity contribution in [3.63, 3.8) is 0 Å². The third-order valence-corrected chi connectivity index (χ3v) is 5.57. The summed E-state index contributed by atoms with van der Waals surface area (Å²) in [5.74, 6) is 2.00. The first kappa shape index (κ1) is 22.4. The van der Waals surface area contributed by atoms with Crippen molar-refractivity contribution in [2.24, 2.45) is 4.99 Å². The third kappa shape index (κ3) is 8.50. The van der Waals surface area contributed by atoms with Crippen molar-refractivity contribution in [2.75, 3.05) is 29.8 Å². The Kier molecular flexibility index (Phi) is 9.95. The summed E-state index contributed by atoms with van der Waals surface area (Å²) in [6.07, 6.45) is 3.69. The standard InChI is InChI=1S/C16H26N4O2S2.HI/c1-3-17-16(19-12-14-8-6-10-23-14)18-11-13-7-4-5-9-15(13)20-24(2,21)22;/h4-5,7,9,14,20H,3,6,8,10-12H2,1-2H3,(H2,17,18,19);1H. The predicted molar refractivity (Wildman–Crippen MR) is 119 cm³/mol. The van der Waals surface area contributed by atoms with Gasteiger partial charge in [0.05, 0.1) is 18.5 Å². The molecule has 1 heterocycles. The van der Waals surface area contributed by atoms with E-state index in [0.717, 1.165) is 30.9 Å². The molecule has 2 rings (SSSR count). The SMILES string of the molecule is CCNC(=NCc1ccccc1NS(C)(=O)=O)NCC1CCCS1.I. The number of benzene rings is 1. The zero-order valence-electron chi connectivity index (χ0n) is 14.6. The van der Waals surface area contributed by atoms with Gasteiger partial charge in [-0.05, 0) is 37.1 Å². The van der Waals surface area contributed by atoms with Crippen LogP contribution in [0.1, 0.15) is 25.3 Å². The average Bonchev–Trinajstić information content (AvgIpc) is 3.03. The molecule has 0 bridgehead atoms. The van der Waals surface area contributed by atoms with Crippen LogP contribution in [0, 0.1) is 0 Å². The second-order valence-electron chi connectivity index (χ2n) is 5.74. The van der Waals surface area contributed by atoms with E-state index in [1.54, 1.807) is 6.07 Å². The highest BCUT2D eigenvalue weighted by Crippen LogP contribution is 2.25.